The van der Waals surface area contributed by atoms with Crippen molar-refractivity contribution < 1.29 is 5.11 Å². The van der Waals surface area contributed by atoms with Gasteiger partial charge < -0.3 is 10.9 Å². The van der Waals surface area contributed by atoms with Crippen LogP contribution in [0.4, 0.5) is 0 Å². The third-order valence-corrected chi connectivity index (χ3v) is 3.85. The quantitative estimate of drug-likeness (QED) is 0.720. The number of aryl methyl sites for hydroxylation is 1. The minimum atomic E-state index is 0.0502. The number of rotatable bonds is 3. The molecule has 3 rings (SSSR count). The van der Waals surface area contributed by atoms with Gasteiger partial charge in [-0.05, 0) is 19.4 Å². The number of aromatic nitrogens is 3. The minimum absolute atomic E-state index is 0.0502. The second kappa shape index (κ2) is 5.18. The zero-order valence-electron chi connectivity index (χ0n) is 12.2. The van der Waals surface area contributed by atoms with Gasteiger partial charge in [0.25, 0.3) is 0 Å². The van der Waals surface area contributed by atoms with E-state index in [0.29, 0.717) is 17.9 Å². The van der Waals surface area contributed by atoms with Gasteiger partial charge >= 0.3 is 0 Å². The number of nitrogens with zero attached hydrogens (tertiary/aromatic N) is 3. The summed E-state index contributed by atoms with van der Waals surface area (Å²) in [5.41, 5.74) is 4.52. The third-order valence-electron chi connectivity index (χ3n) is 3.85. The molecule has 0 spiro atoms. The molecule has 0 bridgehead atoms. The van der Waals surface area contributed by atoms with Crippen molar-refractivity contribution in [2.45, 2.75) is 20.3 Å². The summed E-state index contributed by atoms with van der Waals surface area (Å²) in [4.78, 5) is 9.25. The number of benzene rings is 1. The predicted molar refractivity (Wildman–Crippen MR) is 83.4 cm³/mol. The molecule has 0 amide bonds. The lowest BCUT2D eigenvalue weighted by Crippen LogP contribution is -2.11. The predicted octanol–water partition coefficient (Wildman–Crippen LogP) is 1.96. The van der Waals surface area contributed by atoms with Gasteiger partial charge in [0.15, 0.2) is 11.5 Å². The smallest absolute Gasteiger partial charge is 0.163 e. The summed E-state index contributed by atoms with van der Waals surface area (Å²) >= 11 is 0. The summed E-state index contributed by atoms with van der Waals surface area (Å²) in [5, 5.41) is 10.3. The maximum atomic E-state index is 9.31. The summed E-state index contributed by atoms with van der Waals surface area (Å²) in [7, 11) is 0. The van der Waals surface area contributed by atoms with E-state index in [1.54, 1.807) is 4.68 Å². The average molecular weight is 282 g/mol. The van der Waals surface area contributed by atoms with Gasteiger partial charge in [0.1, 0.15) is 0 Å². The molecule has 0 aliphatic heterocycles. The molecule has 3 N–H and O–H groups in total. The molecule has 0 saturated heterocycles. The molecule has 0 unspecified atom stereocenters. The standard InChI is InChI=1S/C16H18N4O/c1-10-11(2)20(17)16-14(10)13(8-9-21)18-15(19-16)12-6-4-3-5-7-12/h3-7,21H,8-9,17H2,1-2H3. The van der Waals surface area contributed by atoms with Gasteiger partial charge in [-0.25, -0.2) is 14.6 Å². The van der Waals surface area contributed by atoms with Gasteiger partial charge in [0, 0.05) is 29.7 Å². The van der Waals surface area contributed by atoms with Crippen molar-refractivity contribution in [1.82, 2.24) is 14.6 Å². The highest BCUT2D eigenvalue weighted by Crippen LogP contribution is 2.27. The van der Waals surface area contributed by atoms with Gasteiger partial charge in [-0.3, -0.25) is 0 Å². The maximum absolute atomic E-state index is 9.31. The number of aliphatic hydroxyl groups excluding tert-OH is 1. The van der Waals surface area contributed by atoms with E-state index in [1.165, 1.54) is 0 Å². The Morgan fingerprint density at radius 3 is 2.52 bits per heavy atom. The Kier molecular flexibility index (Phi) is 3.35. The Morgan fingerprint density at radius 2 is 1.86 bits per heavy atom. The number of hydrogen-bond acceptors (Lipinski definition) is 4. The van der Waals surface area contributed by atoms with Gasteiger partial charge in [-0.15, -0.1) is 0 Å². The topological polar surface area (TPSA) is 77.0 Å². The molecular formula is C16H18N4O. The molecule has 3 aromatic rings. The third kappa shape index (κ3) is 2.15. The van der Waals surface area contributed by atoms with E-state index in [4.69, 9.17) is 5.84 Å². The summed E-state index contributed by atoms with van der Waals surface area (Å²) < 4.78 is 1.60. The van der Waals surface area contributed by atoms with Crippen LogP contribution in [0.15, 0.2) is 30.3 Å². The van der Waals surface area contributed by atoms with E-state index in [1.807, 2.05) is 44.2 Å². The maximum Gasteiger partial charge on any atom is 0.163 e. The monoisotopic (exact) mass is 282 g/mol. The van der Waals surface area contributed by atoms with Crippen molar-refractivity contribution in [3.63, 3.8) is 0 Å². The lowest BCUT2D eigenvalue weighted by Gasteiger charge is -2.07. The second-order valence-corrected chi connectivity index (χ2v) is 5.11. The summed E-state index contributed by atoms with van der Waals surface area (Å²) in [5.74, 6) is 6.75. The largest absolute Gasteiger partial charge is 0.396 e. The lowest BCUT2D eigenvalue weighted by atomic mass is 10.1. The molecule has 1 aromatic carbocycles. The molecule has 2 aromatic heterocycles. The molecule has 2 heterocycles. The minimum Gasteiger partial charge on any atom is -0.396 e. The van der Waals surface area contributed by atoms with E-state index < -0.39 is 0 Å². The number of hydrogen-bond donors (Lipinski definition) is 2. The normalized spacial score (nSPS) is 11.2. The van der Waals surface area contributed by atoms with E-state index in [-0.39, 0.29) is 6.61 Å². The molecule has 0 saturated carbocycles. The first-order valence-corrected chi connectivity index (χ1v) is 6.93. The molecule has 108 valence electrons. The first-order chi connectivity index (χ1) is 10.1. The number of fused-ring (bicyclic) bond motifs is 1. The first kappa shape index (κ1) is 13.6. The van der Waals surface area contributed by atoms with Crippen LogP contribution < -0.4 is 5.84 Å². The van der Waals surface area contributed by atoms with Crippen LogP contribution in [0, 0.1) is 13.8 Å². The van der Waals surface area contributed by atoms with Crippen LogP contribution in [0.1, 0.15) is 17.0 Å². The highest BCUT2D eigenvalue weighted by Gasteiger charge is 2.17. The highest BCUT2D eigenvalue weighted by atomic mass is 16.3. The van der Waals surface area contributed by atoms with Crippen LogP contribution in [-0.4, -0.2) is 26.4 Å². The summed E-state index contributed by atoms with van der Waals surface area (Å²) in [6, 6.07) is 9.79. The molecule has 0 fully saturated rings. The Bertz CT molecular complexity index is 793. The molecule has 0 aliphatic carbocycles. The summed E-state index contributed by atoms with van der Waals surface area (Å²) in [6.07, 6.45) is 0.489. The van der Waals surface area contributed by atoms with Crippen molar-refractivity contribution in [2.24, 2.45) is 0 Å². The fraction of sp³-hybridized carbons (Fsp3) is 0.250. The van der Waals surface area contributed by atoms with Crippen LogP contribution in [-0.2, 0) is 6.42 Å². The van der Waals surface area contributed by atoms with Crippen molar-refractivity contribution in [1.29, 1.82) is 0 Å². The van der Waals surface area contributed by atoms with Crippen molar-refractivity contribution >= 4 is 11.0 Å². The Morgan fingerprint density at radius 1 is 1.14 bits per heavy atom. The Hall–Kier alpha value is -2.40. The Balaban J connectivity index is 2.32. The lowest BCUT2D eigenvalue weighted by molar-refractivity contribution is 0.298. The molecule has 5 heteroatoms. The van der Waals surface area contributed by atoms with Crippen molar-refractivity contribution in [3.8, 4) is 11.4 Å². The zero-order chi connectivity index (χ0) is 15.0. The highest BCUT2D eigenvalue weighted by molar-refractivity contribution is 5.86. The van der Waals surface area contributed by atoms with Crippen LogP contribution in [0.5, 0.6) is 0 Å². The van der Waals surface area contributed by atoms with Crippen LogP contribution in [0.25, 0.3) is 22.4 Å². The fourth-order valence-electron chi connectivity index (χ4n) is 2.58. The van der Waals surface area contributed by atoms with E-state index in [0.717, 1.165) is 27.9 Å². The number of nitrogens with two attached hydrogens (primary N) is 1. The van der Waals surface area contributed by atoms with Crippen LogP contribution >= 0.6 is 0 Å². The second-order valence-electron chi connectivity index (χ2n) is 5.11. The number of aliphatic hydroxyl groups is 1. The van der Waals surface area contributed by atoms with Crippen molar-refractivity contribution in [2.75, 3.05) is 12.4 Å². The van der Waals surface area contributed by atoms with Gasteiger partial charge in [0.05, 0.1) is 5.69 Å². The first-order valence-electron chi connectivity index (χ1n) is 6.93. The van der Waals surface area contributed by atoms with Crippen LogP contribution in [0.2, 0.25) is 0 Å². The molecule has 0 atom stereocenters. The van der Waals surface area contributed by atoms with Gasteiger partial charge in [0.2, 0.25) is 0 Å². The molecule has 0 aliphatic rings. The van der Waals surface area contributed by atoms with Gasteiger partial charge in [-0.2, -0.15) is 0 Å². The van der Waals surface area contributed by atoms with E-state index in [2.05, 4.69) is 9.97 Å². The van der Waals surface area contributed by atoms with Crippen LogP contribution in [0.3, 0.4) is 0 Å². The zero-order valence-corrected chi connectivity index (χ0v) is 12.2. The number of nitrogen functional groups attached to an aromatic ring is 1. The Labute approximate surface area is 123 Å². The van der Waals surface area contributed by atoms with E-state index in [9.17, 15) is 5.11 Å². The molecule has 0 radical (unpaired) electrons. The SMILES string of the molecule is Cc1c(C)n(N)c2nc(-c3ccccc3)nc(CCO)c12. The molecular weight excluding hydrogens is 264 g/mol. The summed E-state index contributed by atoms with van der Waals surface area (Å²) in [6.45, 7) is 4.02. The molecule has 21 heavy (non-hydrogen) atoms. The van der Waals surface area contributed by atoms with Gasteiger partial charge in [-0.1, -0.05) is 30.3 Å². The molecule has 5 nitrogen and oxygen atoms in total. The fourth-order valence-corrected chi connectivity index (χ4v) is 2.58. The van der Waals surface area contributed by atoms with E-state index >= 15 is 0 Å². The van der Waals surface area contributed by atoms with Crippen molar-refractivity contribution in [3.05, 3.63) is 47.3 Å². The average Bonchev–Trinajstić information content (AvgIpc) is 2.73.